The van der Waals surface area contributed by atoms with Gasteiger partial charge in [0.1, 0.15) is 5.75 Å². The lowest BCUT2D eigenvalue weighted by Gasteiger charge is -2.23. The van der Waals surface area contributed by atoms with Crippen LogP contribution in [-0.2, 0) is 9.47 Å². The fourth-order valence-corrected chi connectivity index (χ4v) is 1.98. The zero-order valence-electron chi connectivity index (χ0n) is 13.1. The van der Waals surface area contributed by atoms with E-state index >= 15 is 0 Å². The van der Waals surface area contributed by atoms with Crippen LogP contribution in [-0.4, -0.2) is 55.4 Å². The first-order valence-corrected chi connectivity index (χ1v) is 7.35. The molecule has 0 spiro atoms. The average molecular weight is 295 g/mol. The van der Waals surface area contributed by atoms with Gasteiger partial charge in [0.15, 0.2) is 0 Å². The third kappa shape index (κ3) is 5.36. The molecule has 0 saturated carbocycles. The van der Waals surface area contributed by atoms with Crippen molar-refractivity contribution in [3.8, 4) is 5.75 Å². The highest BCUT2D eigenvalue weighted by molar-refractivity contribution is 5.96. The molecule has 0 aliphatic heterocycles. The first kappa shape index (κ1) is 17.5. The van der Waals surface area contributed by atoms with Crippen molar-refractivity contribution in [1.82, 2.24) is 4.90 Å². The Labute approximate surface area is 126 Å². The molecule has 5 heteroatoms. The Bertz CT molecular complexity index is 438. The topological polar surface area (TPSA) is 59.0 Å². The number of ether oxygens (including phenoxy) is 2. The van der Waals surface area contributed by atoms with Crippen LogP contribution >= 0.6 is 0 Å². The Balaban J connectivity index is 2.79. The molecule has 0 unspecified atom stereocenters. The van der Waals surface area contributed by atoms with E-state index in [9.17, 15) is 9.90 Å². The van der Waals surface area contributed by atoms with E-state index in [0.29, 0.717) is 50.6 Å². The second-order valence-corrected chi connectivity index (χ2v) is 4.64. The van der Waals surface area contributed by atoms with Gasteiger partial charge in [-0.2, -0.15) is 0 Å². The van der Waals surface area contributed by atoms with E-state index in [0.717, 1.165) is 0 Å². The van der Waals surface area contributed by atoms with Gasteiger partial charge in [0.2, 0.25) is 0 Å². The van der Waals surface area contributed by atoms with Gasteiger partial charge in [-0.15, -0.1) is 0 Å². The van der Waals surface area contributed by atoms with Gasteiger partial charge in [0.25, 0.3) is 5.91 Å². The molecule has 1 rings (SSSR count). The SMILES string of the molecule is CCOCCN(CCOCC)C(=O)c1cccc(O)c1C. The molecule has 1 aromatic carbocycles. The number of hydrogen-bond acceptors (Lipinski definition) is 4. The molecule has 0 saturated heterocycles. The number of hydrogen-bond donors (Lipinski definition) is 1. The highest BCUT2D eigenvalue weighted by Crippen LogP contribution is 2.20. The van der Waals surface area contributed by atoms with Crippen LogP contribution in [0.2, 0.25) is 0 Å². The van der Waals surface area contributed by atoms with Crippen LogP contribution in [0.5, 0.6) is 5.75 Å². The van der Waals surface area contributed by atoms with Crippen molar-refractivity contribution in [3.05, 3.63) is 29.3 Å². The monoisotopic (exact) mass is 295 g/mol. The molecule has 21 heavy (non-hydrogen) atoms. The molecule has 0 atom stereocenters. The predicted octanol–water partition coefficient (Wildman–Crippen LogP) is 2.22. The summed E-state index contributed by atoms with van der Waals surface area (Å²) in [5.41, 5.74) is 1.11. The van der Waals surface area contributed by atoms with Gasteiger partial charge < -0.3 is 19.5 Å². The predicted molar refractivity (Wildman–Crippen MR) is 81.7 cm³/mol. The van der Waals surface area contributed by atoms with E-state index in [-0.39, 0.29) is 11.7 Å². The number of phenolic OH excluding ortho intramolecular Hbond substituents is 1. The van der Waals surface area contributed by atoms with Crippen LogP contribution in [0.4, 0.5) is 0 Å². The third-order valence-corrected chi connectivity index (χ3v) is 3.24. The lowest BCUT2D eigenvalue weighted by atomic mass is 10.1. The number of carbonyl (C=O) groups excluding carboxylic acids is 1. The zero-order valence-corrected chi connectivity index (χ0v) is 13.1. The van der Waals surface area contributed by atoms with Gasteiger partial charge in [-0.3, -0.25) is 4.79 Å². The summed E-state index contributed by atoms with van der Waals surface area (Å²) in [5, 5.41) is 9.74. The Hall–Kier alpha value is -1.59. The van der Waals surface area contributed by atoms with Gasteiger partial charge in [-0.05, 0) is 32.9 Å². The Morgan fingerprint density at radius 3 is 2.24 bits per heavy atom. The second kappa shape index (κ2) is 9.37. The normalized spacial score (nSPS) is 10.6. The minimum Gasteiger partial charge on any atom is -0.508 e. The summed E-state index contributed by atoms with van der Waals surface area (Å²) in [7, 11) is 0. The smallest absolute Gasteiger partial charge is 0.254 e. The Morgan fingerprint density at radius 1 is 1.14 bits per heavy atom. The number of aromatic hydroxyl groups is 1. The fourth-order valence-electron chi connectivity index (χ4n) is 1.98. The third-order valence-electron chi connectivity index (χ3n) is 3.24. The maximum Gasteiger partial charge on any atom is 0.254 e. The van der Waals surface area contributed by atoms with E-state index in [1.807, 2.05) is 13.8 Å². The van der Waals surface area contributed by atoms with Crippen molar-refractivity contribution < 1.29 is 19.4 Å². The summed E-state index contributed by atoms with van der Waals surface area (Å²) in [4.78, 5) is 14.3. The quantitative estimate of drug-likeness (QED) is 0.710. The molecule has 0 fully saturated rings. The Morgan fingerprint density at radius 2 is 1.71 bits per heavy atom. The lowest BCUT2D eigenvalue weighted by Crippen LogP contribution is -2.37. The number of phenols is 1. The highest BCUT2D eigenvalue weighted by Gasteiger charge is 2.18. The minimum atomic E-state index is -0.109. The maximum absolute atomic E-state index is 12.6. The van der Waals surface area contributed by atoms with Gasteiger partial charge >= 0.3 is 0 Å². The molecular formula is C16H25NO4. The second-order valence-electron chi connectivity index (χ2n) is 4.64. The summed E-state index contributed by atoms with van der Waals surface area (Å²) in [6, 6.07) is 4.99. The summed E-state index contributed by atoms with van der Waals surface area (Å²) in [6.07, 6.45) is 0. The van der Waals surface area contributed by atoms with Crippen molar-refractivity contribution in [2.24, 2.45) is 0 Å². The summed E-state index contributed by atoms with van der Waals surface area (Å²) in [6.45, 7) is 8.84. The molecule has 118 valence electrons. The average Bonchev–Trinajstić information content (AvgIpc) is 2.48. The van der Waals surface area contributed by atoms with Gasteiger partial charge in [-0.1, -0.05) is 6.07 Å². The fraction of sp³-hybridized carbons (Fsp3) is 0.562. The van der Waals surface area contributed by atoms with Crippen molar-refractivity contribution in [1.29, 1.82) is 0 Å². The molecule has 1 N–H and O–H groups in total. The molecule has 5 nitrogen and oxygen atoms in total. The maximum atomic E-state index is 12.6. The van der Waals surface area contributed by atoms with E-state index < -0.39 is 0 Å². The van der Waals surface area contributed by atoms with Crippen LogP contribution in [0.25, 0.3) is 0 Å². The van der Waals surface area contributed by atoms with Crippen LogP contribution in [0.15, 0.2) is 18.2 Å². The minimum absolute atomic E-state index is 0.109. The summed E-state index contributed by atoms with van der Waals surface area (Å²) in [5.74, 6) is 0.0261. The van der Waals surface area contributed by atoms with Gasteiger partial charge in [0, 0.05) is 37.4 Å². The molecule has 0 aliphatic rings. The largest absolute Gasteiger partial charge is 0.508 e. The first-order chi connectivity index (χ1) is 10.1. The highest BCUT2D eigenvalue weighted by atomic mass is 16.5. The van der Waals surface area contributed by atoms with E-state index in [2.05, 4.69) is 0 Å². The standard InChI is InChI=1S/C16H25NO4/c1-4-20-11-9-17(10-12-21-5-2)16(19)14-7-6-8-15(18)13(14)3/h6-8,18H,4-5,9-12H2,1-3H3. The summed E-state index contributed by atoms with van der Waals surface area (Å²) >= 11 is 0. The molecule has 0 bridgehead atoms. The number of benzene rings is 1. The first-order valence-electron chi connectivity index (χ1n) is 7.35. The molecule has 1 aromatic rings. The van der Waals surface area contributed by atoms with Crippen LogP contribution in [0.1, 0.15) is 29.8 Å². The van der Waals surface area contributed by atoms with Crippen molar-refractivity contribution in [2.75, 3.05) is 39.5 Å². The van der Waals surface area contributed by atoms with E-state index in [4.69, 9.17) is 9.47 Å². The molecule has 0 aliphatic carbocycles. The van der Waals surface area contributed by atoms with Crippen molar-refractivity contribution >= 4 is 5.91 Å². The Kier molecular flexibility index (Phi) is 7.79. The van der Waals surface area contributed by atoms with Crippen LogP contribution in [0, 0.1) is 6.92 Å². The van der Waals surface area contributed by atoms with Crippen molar-refractivity contribution in [2.45, 2.75) is 20.8 Å². The molecule has 1 amide bonds. The van der Waals surface area contributed by atoms with Gasteiger partial charge in [-0.25, -0.2) is 0 Å². The lowest BCUT2D eigenvalue weighted by molar-refractivity contribution is 0.0549. The van der Waals surface area contributed by atoms with Crippen LogP contribution < -0.4 is 0 Å². The van der Waals surface area contributed by atoms with E-state index in [1.165, 1.54) is 0 Å². The molecular weight excluding hydrogens is 270 g/mol. The number of nitrogens with zero attached hydrogens (tertiary/aromatic N) is 1. The molecule has 0 aromatic heterocycles. The number of carbonyl (C=O) groups is 1. The van der Waals surface area contributed by atoms with E-state index in [1.54, 1.807) is 30.0 Å². The zero-order chi connectivity index (χ0) is 15.7. The van der Waals surface area contributed by atoms with Crippen LogP contribution in [0.3, 0.4) is 0 Å². The number of amides is 1. The van der Waals surface area contributed by atoms with Gasteiger partial charge in [0.05, 0.1) is 13.2 Å². The molecule has 0 radical (unpaired) electrons. The molecule has 0 heterocycles. The number of rotatable bonds is 9. The summed E-state index contributed by atoms with van der Waals surface area (Å²) < 4.78 is 10.7. The van der Waals surface area contributed by atoms with Crippen molar-refractivity contribution in [3.63, 3.8) is 0 Å².